The number of nitrogens with zero attached hydrogens (tertiary/aromatic N) is 4. The van der Waals surface area contributed by atoms with Crippen molar-refractivity contribution < 1.29 is 4.39 Å². The van der Waals surface area contributed by atoms with Crippen LogP contribution in [0.15, 0.2) is 24.3 Å². The van der Waals surface area contributed by atoms with Gasteiger partial charge in [0, 0.05) is 45.2 Å². The van der Waals surface area contributed by atoms with Crippen LogP contribution in [-0.4, -0.2) is 65.8 Å². The van der Waals surface area contributed by atoms with E-state index in [1.807, 2.05) is 0 Å². The van der Waals surface area contributed by atoms with Gasteiger partial charge in [-0.1, -0.05) is 23.5 Å². The highest BCUT2D eigenvalue weighted by atomic mass is 32.1. The summed E-state index contributed by atoms with van der Waals surface area (Å²) in [5, 5.41) is 13.7. The monoisotopic (exact) mass is 363 g/mol. The Morgan fingerprint density at radius 3 is 2.60 bits per heavy atom. The Bertz CT molecular complexity index is 652. The minimum absolute atomic E-state index is 0.211. The van der Waals surface area contributed by atoms with Gasteiger partial charge in [0.15, 0.2) is 0 Å². The van der Waals surface area contributed by atoms with Crippen molar-refractivity contribution in [3.05, 3.63) is 40.7 Å². The summed E-state index contributed by atoms with van der Waals surface area (Å²) in [5.74, 6) is -0.211. The molecular formula is C18H26FN5S. The number of anilines is 1. The maximum absolute atomic E-state index is 13.0. The van der Waals surface area contributed by atoms with Crippen molar-refractivity contribution >= 4 is 16.5 Å². The van der Waals surface area contributed by atoms with Gasteiger partial charge in [0.2, 0.25) is 5.13 Å². The molecule has 0 spiro atoms. The van der Waals surface area contributed by atoms with Crippen molar-refractivity contribution in [1.29, 1.82) is 0 Å². The second-order valence-corrected chi connectivity index (χ2v) is 7.85. The lowest BCUT2D eigenvalue weighted by atomic mass is 10.2. The Hall–Kier alpha value is -1.57. The van der Waals surface area contributed by atoms with Crippen LogP contribution in [0.4, 0.5) is 9.52 Å². The predicted octanol–water partition coefficient (Wildman–Crippen LogP) is 2.71. The van der Waals surface area contributed by atoms with E-state index in [9.17, 15) is 4.39 Å². The van der Waals surface area contributed by atoms with E-state index < -0.39 is 0 Å². The second-order valence-electron chi connectivity index (χ2n) is 6.78. The van der Waals surface area contributed by atoms with E-state index in [0.29, 0.717) is 12.5 Å². The molecule has 1 aromatic heterocycles. The fourth-order valence-corrected chi connectivity index (χ4v) is 3.78. The molecule has 1 saturated heterocycles. The third kappa shape index (κ3) is 5.73. The van der Waals surface area contributed by atoms with E-state index in [-0.39, 0.29) is 5.82 Å². The van der Waals surface area contributed by atoms with Crippen molar-refractivity contribution in [3.8, 4) is 0 Å². The number of hydrogen-bond donors (Lipinski definition) is 1. The van der Waals surface area contributed by atoms with Gasteiger partial charge in [0.1, 0.15) is 10.8 Å². The van der Waals surface area contributed by atoms with Gasteiger partial charge in [0.25, 0.3) is 0 Å². The Morgan fingerprint density at radius 1 is 1.16 bits per heavy atom. The van der Waals surface area contributed by atoms with E-state index in [1.54, 1.807) is 23.5 Å². The van der Waals surface area contributed by atoms with Gasteiger partial charge in [0.05, 0.1) is 0 Å². The fraction of sp³-hybridized carbons (Fsp3) is 0.556. The average Bonchev–Trinajstić information content (AvgIpc) is 3.03. The van der Waals surface area contributed by atoms with Crippen molar-refractivity contribution in [2.24, 2.45) is 0 Å². The number of benzene rings is 1. The number of rotatable bonds is 7. The van der Waals surface area contributed by atoms with Gasteiger partial charge < -0.3 is 15.1 Å². The Labute approximate surface area is 152 Å². The summed E-state index contributed by atoms with van der Waals surface area (Å²) in [4.78, 5) is 4.90. The Kier molecular flexibility index (Phi) is 6.34. The van der Waals surface area contributed by atoms with E-state index in [4.69, 9.17) is 0 Å². The van der Waals surface area contributed by atoms with Crippen LogP contribution in [0.2, 0.25) is 0 Å². The van der Waals surface area contributed by atoms with Gasteiger partial charge in [-0.15, -0.1) is 10.2 Å². The molecule has 7 heteroatoms. The van der Waals surface area contributed by atoms with Gasteiger partial charge in [-0.3, -0.25) is 0 Å². The highest BCUT2D eigenvalue weighted by Gasteiger charge is 2.15. The highest BCUT2D eigenvalue weighted by Crippen LogP contribution is 2.20. The maximum atomic E-state index is 13.0. The largest absolute Gasteiger partial charge is 0.358 e. The van der Waals surface area contributed by atoms with Crippen LogP contribution in [0, 0.1) is 5.82 Å². The maximum Gasteiger partial charge on any atom is 0.205 e. The van der Waals surface area contributed by atoms with Crippen LogP contribution < -0.4 is 5.32 Å². The van der Waals surface area contributed by atoms with Gasteiger partial charge in [-0.25, -0.2) is 4.39 Å². The minimum atomic E-state index is -0.211. The van der Waals surface area contributed by atoms with Crippen LogP contribution in [0.3, 0.4) is 0 Å². The van der Waals surface area contributed by atoms with Crippen molar-refractivity contribution in [1.82, 2.24) is 20.0 Å². The molecule has 136 valence electrons. The van der Waals surface area contributed by atoms with Crippen LogP contribution in [0.5, 0.6) is 0 Å². The lowest BCUT2D eigenvalue weighted by Crippen LogP contribution is -2.45. The van der Waals surface area contributed by atoms with Crippen LogP contribution in [0.25, 0.3) is 0 Å². The SMILES string of the molecule is CC(CCN1CCN(C)CC1)Nc1nnc(Cc2ccc(F)cc2)s1. The first kappa shape index (κ1) is 18.2. The Morgan fingerprint density at radius 2 is 1.88 bits per heavy atom. The molecule has 1 aliphatic heterocycles. The van der Waals surface area contributed by atoms with Crippen molar-refractivity contribution in [2.75, 3.05) is 45.1 Å². The number of halogens is 1. The molecule has 0 bridgehead atoms. The van der Waals surface area contributed by atoms with Crippen LogP contribution in [0.1, 0.15) is 23.9 Å². The van der Waals surface area contributed by atoms with Crippen LogP contribution >= 0.6 is 11.3 Å². The molecule has 1 atom stereocenters. The minimum Gasteiger partial charge on any atom is -0.358 e. The van der Waals surface area contributed by atoms with Gasteiger partial charge in [-0.2, -0.15) is 0 Å². The first-order valence-electron chi connectivity index (χ1n) is 8.83. The standard InChI is InChI=1S/C18H26FN5S/c1-14(7-8-24-11-9-23(2)10-12-24)20-18-22-21-17(25-18)13-15-3-5-16(19)6-4-15/h3-6,14H,7-13H2,1-2H3,(H,20,22). The number of piperazine rings is 1. The molecule has 2 aromatic rings. The summed E-state index contributed by atoms with van der Waals surface area (Å²) < 4.78 is 13.0. The molecule has 1 fully saturated rings. The van der Waals surface area contributed by atoms with Crippen molar-refractivity contribution in [3.63, 3.8) is 0 Å². The average molecular weight is 364 g/mol. The lowest BCUT2D eigenvalue weighted by molar-refractivity contribution is 0.151. The third-order valence-electron chi connectivity index (χ3n) is 4.58. The molecule has 25 heavy (non-hydrogen) atoms. The summed E-state index contributed by atoms with van der Waals surface area (Å²) in [6, 6.07) is 6.92. The van der Waals surface area contributed by atoms with E-state index in [2.05, 4.69) is 39.3 Å². The van der Waals surface area contributed by atoms with Crippen LogP contribution in [-0.2, 0) is 6.42 Å². The normalized spacial score (nSPS) is 17.6. The number of aromatic nitrogens is 2. The quantitative estimate of drug-likeness (QED) is 0.819. The molecule has 1 unspecified atom stereocenters. The highest BCUT2D eigenvalue weighted by molar-refractivity contribution is 7.15. The molecular weight excluding hydrogens is 337 g/mol. The molecule has 3 rings (SSSR count). The molecule has 2 heterocycles. The van der Waals surface area contributed by atoms with E-state index in [0.717, 1.165) is 54.8 Å². The van der Waals surface area contributed by atoms with E-state index >= 15 is 0 Å². The summed E-state index contributed by atoms with van der Waals surface area (Å²) in [6.45, 7) is 7.93. The van der Waals surface area contributed by atoms with Gasteiger partial charge in [-0.05, 0) is 38.1 Å². The zero-order valence-corrected chi connectivity index (χ0v) is 15.7. The third-order valence-corrected chi connectivity index (χ3v) is 5.43. The first-order chi connectivity index (χ1) is 12.1. The second kappa shape index (κ2) is 8.69. The summed E-state index contributed by atoms with van der Waals surface area (Å²) in [6.07, 6.45) is 1.78. The summed E-state index contributed by atoms with van der Waals surface area (Å²) in [5.41, 5.74) is 1.05. The molecule has 0 aliphatic carbocycles. The molecule has 1 aromatic carbocycles. The zero-order chi connectivity index (χ0) is 17.6. The fourth-order valence-electron chi connectivity index (χ4n) is 2.89. The molecule has 5 nitrogen and oxygen atoms in total. The molecule has 1 N–H and O–H groups in total. The Balaban J connectivity index is 1.43. The lowest BCUT2D eigenvalue weighted by Gasteiger charge is -2.32. The zero-order valence-electron chi connectivity index (χ0n) is 14.9. The molecule has 0 radical (unpaired) electrons. The van der Waals surface area contributed by atoms with Gasteiger partial charge >= 0.3 is 0 Å². The van der Waals surface area contributed by atoms with Crippen molar-refractivity contribution in [2.45, 2.75) is 25.8 Å². The topological polar surface area (TPSA) is 44.3 Å². The number of nitrogens with one attached hydrogen (secondary N) is 1. The smallest absolute Gasteiger partial charge is 0.205 e. The number of hydrogen-bond acceptors (Lipinski definition) is 6. The molecule has 0 saturated carbocycles. The first-order valence-corrected chi connectivity index (χ1v) is 9.64. The predicted molar refractivity (Wildman–Crippen MR) is 101 cm³/mol. The number of likely N-dealkylation sites (N-methyl/N-ethyl adjacent to an activating group) is 1. The molecule has 0 amide bonds. The summed E-state index contributed by atoms with van der Waals surface area (Å²) >= 11 is 1.57. The summed E-state index contributed by atoms with van der Waals surface area (Å²) in [7, 11) is 2.18. The molecule has 1 aliphatic rings. The van der Waals surface area contributed by atoms with E-state index in [1.165, 1.54) is 12.1 Å².